The quantitative estimate of drug-likeness (QED) is 0.804. The van der Waals surface area contributed by atoms with Crippen LogP contribution < -0.4 is 10.5 Å². The Morgan fingerprint density at radius 3 is 2.78 bits per heavy atom. The highest BCUT2D eigenvalue weighted by Gasteiger charge is 2.32. The molecule has 100 valence electrons. The van der Waals surface area contributed by atoms with Crippen LogP contribution in [0.3, 0.4) is 0 Å². The zero-order valence-corrected chi connectivity index (χ0v) is 11.1. The summed E-state index contributed by atoms with van der Waals surface area (Å²) in [5.41, 5.74) is 6.97. The van der Waals surface area contributed by atoms with Gasteiger partial charge in [-0.3, -0.25) is 4.90 Å². The van der Waals surface area contributed by atoms with E-state index in [1.165, 1.54) is 12.8 Å². The zero-order valence-electron chi connectivity index (χ0n) is 11.1. The first kappa shape index (κ1) is 13.2. The van der Waals surface area contributed by atoms with Gasteiger partial charge < -0.3 is 15.6 Å². The van der Waals surface area contributed by atoms with Gasteiger partial charge in [-0.1, -0.05) is 6.07 Å². The molecule has 1 unspecified atom stereocenters. The third-order valence-electron chi connectivity index (χ3n) is 3.65. The van der Waals surface area contributed by atoms with Crippen LogP contribution in [0.2, 0.25) is 0 Å². The predicted octanol–water partition coefficient (Wildman–Crippen LogP) is 1.57. The highest BCUT2D eigenvalue weighted by atomic mass is 16.5. The van der Waals surface area contributed by atoms with Crippen LogP contribution >= 0.6 is 0 Å². The van der Waals surface area contributed by atoms with E-state index < -0.39 is 0 Å². The number of likely N-dealkylation sites (N-methyl/N-ethyl adjacent to an activating group) is 1. The van der Waals surface area contributed by atoms with Gasteiger partial charge in [0.1, 0.15) is 0 Å². The minimum atomic E-state index is 0.182. The number of hydrogen-bond acceptors (Lipinski definition) is 4. The van der Waals surface area contributed by atoms with Crippen LogP contribution in [-0.2, 0) is 6.54 Å². The SMILES string of the molecule is COc1cc(CN(C)C(CN)C2CC2)ccc1O. The van der Waals surface area contributed by atoms with Crippen LogP contribution in [0.5, 0.6) is 11.5 Å². The minimum absolute atomic E-state index is 0.182. The third kappa shape index (κ3) is 2.94. The van der Waals surface area contributed by atoms with Gasteiger partial charge in [-0.15, -0.1) is 0 Å². The molecule has 1 fully saturated rings. The number of phenolic OH excluding ortho intramolecular Hbond substituents is 1. The normalized spacial score (nSPS) is 16.9. The van der Waals surface area contributed by atoms with Gasteiger partial charge in [-0.05, 0) is 43.5 Å². The lowest BCUT2D eigenvalue weighted by atomic mass is 10.1. The van der Waals surface area contributed by atoms with Crippen LogP contribution in [0.1, 0.15) is 18.4 Å². The third-order valence-corrected chi connectivity index (χ3v) is 3.65. The molecule has 1 aliphatic rings. The number of benzene rings is 1. The maximum absolute atomic E-state index is 9.56. The molecule has 1 aromatic rings. The van der Waals surface area contributed by atoms with E-state index in [-0.39, 0.29) is 5.75 Å². The molecule has 1 atom stereocenters. The summed E-state index contributed by atoms with van der Waals surface area (Å²) in [7, 11) is 3.67. The Kier molecular flexibility index (Phi) is 4.09. The van der Waals surface area contributed by atoms with Gasteiger partial charge in [0.2, 0.25) is 0 Å². The van der Waals surface area contributed by atoms with Gasteiger partial charge in [0.05, 0.1) is 7.11 Å². The van der Waals surface area contributed by atoms with Crippen LogP contribution in [0.4, 0.5) is 0 Å². The number of methoxy groups -OCH3 is 1. The molecule has 0 aromatic heterocycles. The largest absolute Gasteiger partial charge is 0.504 e. The van der Waals surface area contributed by atoms with Crippen molar-refractivity contribution in [2.75, 3.05) is 20.7 Å². The summed E-state index contributed by atoms with van der Waals surface area (Å²) in [5, 5.41) is 9.56. The molecule has 0 bridgehead atoms. The van der Waals surface area contributed by atoms with Crippen molar-refractivity contribution >= 4 is 0 Å². The lowest BCUT2D eigenvalue weighted by Gasteiger charge is -2.27. The Bertz CT molecular complexity index is 405. The first-order valence-electron chi connectivity index (χ1n) is 6.42. The molecule has 0 aliphatic heterocycles. The fraction of sp³-hybridized carbons (Fsp3) is 0.571. The van der Waals surface area contributed by atoms with Crippen molar-refractivity contribution in [1.29, 1.82) is 0 Å². The van der Waals surface area contributed by atoms with Crippen LogP contribution in [0.25, 0.3) is 0 Å². The van der Waals surface area contributed by atoms with Gasteiger partial charge in [0, 0.05) is 19.1 Å². The molecule has 18 heavy (non-hydrogen) atoms. The van der Waals surface area contributed by atoms with E-state index in [2.05, 4.69) is 11.9 Å². The van der Waals surface area contributed by atoms with Gasteiger partial charge in [-0.25, -0.2) is 0 Å². The smallest absolute Gasteiger partial charge is 0.160 e. The highest BCUT2D eigenvalue weighted by molar-refractivity contribution is 5.41. The maximum atomic E-state index is 9.56. The summed E-state index contributed by atoms with van der Waals surface area (Å²) in [5.74, 6) is 1.47. The van der Waals surface area contributed by atoms with Gasteiger partial charge in [0.15, 0.2) is 11.5 Å². The molecule has 1 aliphatic carbocycles. The lowest BCUT2D eigenvalue weighted by Crippen LogP contribution is -2.39. The molecule has 3 N–H and O–H groups in total. The Morgan fingerprint density at radius 2 is 2.22 bits per heavy atom. The van der Waals surface area contributed by atoms with E-state index >= 15 is 0 Å². The van der Waals surface area contributed by atoms with E-state index in [4.69, 9.17) is 10.5 Å². The second kappa shape index (κ2) is 5.59. The predicted molar refractivity (Wildman–Crippen MR) is 71.7 cm³/mol. The first-order chi connectivity index (χ1) is 8.65. The summed E-state index contributed by atoms with van der Waals surface area (Å²) in [4.78, 5) is 2.30. The molecule has 0 heterocycles. The summed E-state index contributed by atoms with van der Waals surface area (Å²) in [6, 6.07) is 5.95. The summed E-state index contributed by atoms with van der Waals surface area (Å²) >= 11 is 0. The molecule has 0 radical (unpaired) electrons. The van der Waals surface area contributed by atoms with Gasteiger partial charge >= 0.3 is 0 Å². The molecule has 4 nitrogen and oxygen atoms in total. The monoisotopic (exact) mass is 250 g/mol. The average Bonchev–Trinajstić information content (AvgIpc) is 3.17. The molecule has 0 spiro atoms. The van der Waals surface area contributed by atoms with Gasteiger partial charge in [0.25, 0.3) is 0 Å². The standard InChI is InChI=1S/C14H22N2O2/c1-16(12(8-15)11-4-5-11)9-10-3-6-13(17)14(7-10)18-2/h3,6-7,11-12,17H,4-5,8-9,15H2,1-2H3. The second-order valence-electron chi connectivity index (χ2n) is 5.06. The Morgan fingerprint density at radius 1 is 1.50 bits per heavy atom. The molecule has 2 rings (SSSR count). The van der Waals surface area contributed by atoms with E-state index in [1.807, 2.05) is 12.1 Å². The summed E-state index contributed by atoms with van der Waals surface area (Å²) in [6.45, 7) is 1.53. The van der Waals surface area contributed by atoms with Crippen molar-refractivity contribution in [3.8, 4) is 11.5 Å². The molecule has 1 saturated carbocycles. The molecular weight excluding hydrogens is 228 g/mol. The van der Waals surface area contributed by atoms with Crippen molar-refractivity contribution in [3.63, 3.8) is 0 Å². The van der Waals surface area contributed by atoms with Crippen molar-refractivity contribution in [2.24, 2.45) is 11.7 Å². The number of ether oxygens (including phenoxy) is 1. The number of aromatic hydroxyl groups is 1. The van der Waals surface area contributed by atoms with E-state index in [0.29, 0.717) is 18.3 Å². The van der Waals surface area contributed by atoms with Gasteiger partial charge in [-0.2, -0.15) is 0 Å². The van der Waals surface area contributed by atoms with Crippen molar-refractivity contribution in [3.05, 3.63) is 23.8 Å². The highest BCUT2D eigenvalue weighted by Crippen LogP contribution is 2.35. The lowest BCUT2D eigenvalue weighted by molar-refractivity contribution is 0.215. The Hall–Kier alpha value is -1.26. The number of phenols is 1. The topological polar surface area (TPSA) is 58.7 Å². The summed E-state index contributed by atoms with van der Waals surface area (Å²) in [6.07, 6.45) is 2.59. The minimum Gasteiger partial charge on any atom is -0.504 e. The van der Waals surface area contributed by atoms with Crippen molar-refractivity contribution in [1.82, 2.24) is 4.90 Å². The maximum Gasteiger partial charge on any atom is 0.160 e. The van der Waals surface area contributed by atoms with E-state index in [0.717, 1.165) is 18.0 Å². The number of hydrogen-bond donors (Lipinski definition) is 2. The average molecular weight is 250 g/mol. The number of nitrogens with zero attached hydrogens (tertiary/aromatic N) is 1. The Labute approximate surface area is 108 Å². The van der Waals surface area contributed by atoms with E-state index in [9.17, 15) is 5.11 Å². The molecule has 0 amide bonds. The number of rotatable bonds is 6. The van der Waals surface area contributed by atoms with Crippen LogP contribution in [0, 0.1) is 5.92 Å². The summed E-state index contributed by atoms with van der Waals surface area (Å²) < 4.78 is 5.12. The fourth-order valence-electron chi connectivity index (χ4n) is 2.44. The van der Waals surface area contributed by atoms with Crippen molar-refractivity contribution < 1.29 is 9.84 Å². The second-order valence-corrected chi connectivity index (χ2v) is 5.06. The number of nitrogens with two attached hydrogens (primary N) is 1. The molecule has 1 aromatic carbocycles. The van der Waals surface area contributed by atoms with Crippen LogP contribution in [0.15, 0.2) is 18.2 Å². The van der Waals surface area contributed by atoms with Crippen molar-refractivity contribution in [2.45, 2.75) is 25.4 Å². The molecular formula is C14H22N2O2. The fourth-order valence-corrected chi connectivity index (χ4v) is 2.44. The molecule has 4 heteroatoms. The Balaban J connectivity index is 2.03. The van der Waals surface area contributed by atoms with Crippen LogP contribution in [-0.4, -0.2) is 36.8 Å². The first-order valence-corrected chi connectivity index (χ1v) is 6.42. The zero-order chi connectivity index (χ0) is 13.1. The molecule has 0 saturated heterocycles. The van der Waals surface area contributed by atoms with E-state index in [1.54, 1.807) is 13.2 Å².